The predicted molar refractivity (Wildman–Crippen MR) is 127 cm³/mol. The minimum atomic E-state index is -0.287. The number of hydrogen-bond acceptors (Lipinski definition) is 5. The summed E-state index contributed by atoms with van der Waals surface area (Å²) >= 11 is 6.89. The molecule has 3 heterocycles. The van der Waals surface area contributed by atoms with E-state index in [9.17, 15) is 4.79 Å². The number of rotatable bonds is 5. The van der Waals surface area contributed by atoms with E-state index in [1.54, 1.807) is 12.5 Å². The summed E-state index contributed by atoms with van der Waals surface area (Å²) < 4.78 is 18.7. The monoisotopic (exact) mass is 558 g/mol. The van der Waals surface area contributed by atoms with Crippen LogP contribution < -0.4 is 4.74 Å². The highest BCUT2D eigenvalue weighted by Gasteiger charge is 2.45. The topological polar surface area (TPSA) is 68.2 Å². The quantitative estimate of drug-likeness (QED) is 0.353. The highest BCUT2D eigenvalue weighted by Crippen LogP contribution is 2.44. The standard InChI is InChI=1S/C24H20Br2N2O4/c25-16-8-9-20(19(26)13-16)32-14-22(29)28-24(21-7-3-11-31-21)18-6-1-4-15(23(18)27-28)12-17-5-2-10-30-17/h2-3,5,7-13,18,24H,1,4,6,14H2. The zero-order valence-corrected chi connectivity index (χ0v) is 20.2. The van der Waals surface area contributed by atoms with Crippen LogP contribution >= 0.6 is 31.9 Å². The molecule has 2 atom stereocenters. The second kappa shape index (κ2) is 9.11. The highest BCUT2D eigenvalue weighted by molar-refractivity contribution is 9.11. The molecule has 1 saturated carbocycles. The predicted octanol–water partition coefficient (Wildman–Crippen LogP) is 6.60. The summed E-state index contributed by atoms with van der Waals surface area (Å²) in [6.45, 7) is -0.127. The molecule has 1 aliphatic heterocycles. The Balaban J connectivity index is 1.43. The van der Waals surface area contributed by atoms with Crippen LogP contribution in [0.25, 0.3) is 6.08 Å². The number of hydrogen-bond donors (Lipinski definition) is 0. The van der Waals surface area contributed by atoms with Crippen molar-refractivity contribution in [3.8, 4) is 5.75 Å². The van der Waals surface area contributed by atoms with E-state index in [2.05, 4.69) is 31.9 Å². The van der Waals surface area contributed by atoms with E-state index in [-0.39, 0.29) is 24.5 Å². The third-order valence-corrected chi connectivity index (χ3v) is 6.81. The van der Waals surface area contributed by atoms with Crippen LogP contribution in [0.5, 0.6) is 5.75 Å². The van der Waals surface area contributed by atoms with E-state index in [1.165, 1.54) is 5.01 Å². The van der Waals surface area contributed by atoms with Gasteiger partial charge in [-0.15, -0.1) is 0 Å². The van der Waals surface area contributed by atoms with E-state index in [0.29, 0.717) is 5.75 Å². The van der Waals surface area contributed by atoms with Crippen molar-refractivity contribution in [2.24, 2.45) is 11.0 Å². The normalized spacial score (nSPS) is 21.5. The molecule has 2 aliphatic rings. The molecule has 5 rings (SSSR count). The van der Waals surface area contributed by atoms with E-state index in [0.717, 1.165) is 51.0 Å². The maximum Gasteiger partial charge on any atom is 0.281 e. The summed E-state index contributed by atoms with van der Waals surface area (Å²) in [5.41, 5.74) is 2.02. The average molecular weight is 560 g/mol. The van der Waals surface area contributed by atoms with Crippen molar-refractivity contribution in [2.75, 3.05) is 6.61 Å². The first-order chi connectivity index (χ1) is 15.6. The second-order valence-corrected chi connectivity index (χ2v) is 9.50. The van der Waals surface area contributed by atoms with Gasteiger partial charge in [0.1, 0.15) is 23.3 Å². The Morgan fingerprint density at radius 2 is 2.03 bits per heavy atom. The molecular formula is C24H20Br2N2O4. The summed E-state index contributed by atoms with van der Waals surface area (Å²) in [5.74, 6) is 1.95. The van der Waals surface area contributed by atoms with Gasteiger partial charge in [-0.1, -0.05) is 15.9 Å². The van der Waals surface area contributed by atoms with E-state index >= 15 is 0 Å². The summed E-state index contributed by atoms with van der Waals surface area (Å²) in [6.07, 6.45) is 8.15. The summed E-state index contributed by atoms with van der Waals surface area (Å²) in [4.78, 5) is 13.3. The number of allylic oxidation sites excluding steroid dienone is 1. The molecule has 0 saturated heterocycles. The Bertz CT molecular complexity index is 1170. The van der Waals surface area contributed by atoms with Gasteiger partial charge in [0.25, 0.3) is 5.91 Å². The van der Waals surface area contributed by atoms with Crippen molar-refractivity contribution in [1.82, 2.24) is 5.01 Å². The van der Waals surface area contributed by atoms with Gasteiger partial charge in [-0.05, 0) is 89.3 Å². The van der Waals surface area contributed by atoms with Crippen molar-refractivity contribution in [3.05, 3.63) is 81.0 Å². The molecule has 32 heavy (non-hydrogen) atoms. The molecular weight excluding hydrogens is 540 g/mol. The van der Waals surface area contributed by atoms with Gasteiger partial charge in [-0.3, -0.25) is 4.79 Å². The van der Waals surface area contributed by atoms with Crippen molar-refractivity contribution in [1.29, 1.82) is 0 Å². The molecule has 1 amide bonds. The fourth-order valence-electron chi connectivity index (χ4n) is 4.29. The van der Waals surface area contributed by atoms with Gasteiger partial charge in [-0.2, -0.15) is 5.10 Å². The van der Waals surface area contributed by atoms with Crippen LogP contribution in [0.15, 0.2) is 83.4 Å². The molecule has 8 heteroatoms. The highest BCUT2D eigenvalue weighted by atomic mass is 79.9. The Kier molecular flexibility index (Phi) is 6.06. The smallest absolute Gasteiger partial charge is 0.281 e. The molecule has 2 aromatic heterocycles. The number of benzene rings is 1. The number of carbonyl (C=O) groups excluding carboxylic acids is 1. The first-order valence-electron chi connectivity index (χ1n) is 10.4. The maximum atomic E-state index is 13.3. The number of fused-ring (bicyclic) bond motifs is 1. The molecule has 0 radical (unpaired) electrons. The number of carbonyl (C=O) groups is 1. The lowest BCUT2D eigenvalue weighted by Gasteiger charge is -2.27. The van der Waals surface area contributed by atoms with Crippen molar-refractivity contribution in [2.45, 2.75) is 25.3 Å². The maximum absolute atomic E-state index is 13.3. The van der Waals surface area contributed by atoms with Gasteiger partial charge in [0.05, 0.1) is 22.7 Å². The Morgan fingerprint density at radius 3 is 2.78 bits per heavy atom. The van der Waals surface area contributed by atoms with Crippen LogP contribution in [-0.2, 0) is 4.79 Å². The molecule has 0 N–H and O–H groups in total. The minimum Gasteiger partial charge on any atom is -0.483 e. The van der Waals surface area contributed by atoms with Gasteiger partial charge in [0, 0.05) is 10.4 Å². The zero-order chi connectivity index (χ0) is 22.1. The third-order valence-electron chi connectivity index (χ3n) is 5.70. The van der Waals surface area contributed by atoms with E-state index in [1.807, 2.05) is 48.5 Å². The summed E-state index contributed by atoms with van der Waals surface area (Å²) in [7, 11) is 0. The first kappa shape index (κ1) is 21.3. The summed E-state index contributed by atoms with van der Waals surface area (Å²) in [6, 6.07) is 12.8. The molecule has 1 fully saturated rings. The average Bonchev–Trinajstić information content (AvgIpc) is 3.53. The molecule has 2 unspecified atom stereocenters. The van der Waals surface area contributed by atoms with Gasteiger partial charge in [0.2, 0.25) is 0 Å². The zero-order valence-electron chi connectivity index (χ0n) is 17.0. The van der Waals surface area contributed by atoms with E-state index < -0.39 is 0 Å². The number of furan rings is 2. The van der Waals surface area contributed by atoms with E-state index in [4.69, 9.17) is 18.7 Å². The molecule has 0 bridgehead atoms. The van der Waals surface area contributed by atoms with Gasteiger partial charge < -0.3 is 13.6 Å². The van der Waals surface area contributed by atoms with Crippen LogP contribution in [0.1, 0.15) is 36.8 Å². The lowest BCUT2D eigenvalue weighted by molar-refractivity contribution is -0.136. The van der Waals surface area contributed by atoms with Crippen LogP contribution in [0, 0.1) is 5.92 Å². The Morgan fingerprint density at radius 1 is 1.19 bits per heavy atom. The molecule has 6 nitrogen and oxygen atoms in total. The van der Waals surface area contributed by atoms with Crippen LogP contribution in [0.3, 0.4) is 0 Å². The fourth-order valence-corrected chi connectivity index (χ4v) is 5.45. The largest absolute Gasteiger partial charge is 0.483 e. The summed E-state index contributed by atoms with van der Waals surface area (Å²) in [5, 5.41) is 6.32. The molecule has 3 aromatic rings. The minimum absolute atomic E-state index is 0.0690. The number of hydrazone groups is 1. The molecule has 0 spiro atoms. The van der Waals surface area contributed by atoms with Crippen molar-refractivity contribution in [3.63, 3.8) is 0 Å². The lowest BCUT2D eigenvalue weighted by Crippen LogP contribution is -2.34. The lowest BCUT2D eigenvalue weighted by atomic mass is 9.79. The molecule has 1 aliphatic carbocycles. The molecule has 164 valence electrons. The number of ether oxygens (including phenoxy) is 1. The van der Waals surface area contributed by atoms with Gasteiger partial charge >= 0.3 is 0 Å². The fraction of sp³-hybridized carbons (Fsp3) is 0.250. The van der Waals surface area contributed by atoms with Crippen molar-refractivity contribution >= 4 is 49.6 Å². The van der Waals surface area contributed by atoms with Crippen molar-refractivity contribution < 1.29 is 18.4 Å². The van der Waals surface area contributed by atoms with Gasteiger partial charge in [-0.25, -0.2) is 5.01 Å². The Hall–Kier alpha value is -2.58. The second-order valence-electron chi connectivity index (χ2n) is 7.73. The van der Waals surface area contributed by atoms with Crippen LogP contribution in [0.4, 0.5) is 0 Å². The van der Waals surface area contributed by atoms with Crippen LogP contribution in [0.2, 0.25) is 0 Å². The van der Waals surface area contributed by atoms with Gasteiger partial charge in [0.15, 0.2) is 6.61 Å². The van der Waals surface area contributed by atoms with Crippen LogP contribution in [-0.4, -0.2) is 23.2 Å². The SMILES string of the molecule is O=C(COc1ccc(Br)cc1Br)N1N=C2C(=Cc3ccco3)CCCC2C1c1ccco1. The third kappa shape index (κ3) is 4.21. The first-order valence-corrected chi connectivity index (χ1v) is 11.9. The number of nitrogens with zero attached hydrogens (tertiary/aromatic N) is 2. The Labute approximate surface area is 202 Å². The number of halogens is 2. The molecule has 1 aromatic carbocycles. The number of amides is 1.